The van der Waals surface area contributed by atoms with Crippen LogP contribution in [0, 0.1) is 6.92 Å². The zero-order chi connectivity index (χ0) is 22.1. The van der Waals surface area contributed by atoms with E-state index >= 15 is 0 Å². The largest absolute Gasteiger partial charge is 0.340 e. The fourth-order valence-corrected chi connectivity index (χ4v) is 4.25. The van der Waals surface area contributed by atoms with Crippen LogP contribution in [0.15, 0.2) is 48.5 Å². The van der Waals surface area contributed by atoms with Crippen molar-refractivity contribution in [2.24, 2.45) is 0 Å². The summed E-state index contributed by atoms with van der Waals surface area (Å²) >= 11 is 0. The summed E-state index contributed by atoms with van der Waals surface area (Å²) in [6, 6.07) is 16.4. The molecule has 5 rings (SSSR count). The zero-order valence-corrected chi connectivity index (χ0v) is 18.5. The molecule has 1 aliphatic heterocycles. The van der Waals surface area contributed by atoms with E-state index in [-0.39, 0.29) is 6.03 Å². The number of para-hydroxylation sites is 1. The quantitative estimate of drug-likeness (QED) is 0.539. The van der Waals surface area contributed by atoms with Gasteiger partial charge in [0, 0.05) is 43.7 Å². The van der Waals surface area contributed by atoms with Crippen LogP contribution in [0.4, 0.5) is 10.7 Å². The monoisotopic (exact) mass is 429 g/mol. The molecule has 2 amide bonds. The van der Waals surface area contributed by atoms with Crippen LogP contribution in [-0.2, 0) is 0 Å². The van der Waals surface area contributed by atoms with Crippen molar-refractivity contribution in [1.29, 1.82) is 0 Å². The van der Waals surface area contributed by atoms with E-state index in [4.69, 9.17) is 4.98 Å². The number of amides is 2. The van der Waals surface area contributed by atoms with E-state index in [0.29, 0.717) is 19.6 Å². The first kappa shape index (κ1) is 20.2. The third kappa shape index (κ3) is 3.62. The summed E-state index contributed by atoms with van der Waals surface area (Å²) in [7, 11) is 0. The van der Waals surface area contributed by atoms with Gasteiger partial charge in [-0.2, -0.15) is 0 Å². The highest BCUT2D eigenvalue weighted by molar-refractivity contribution is 5.93. The van der Waals surface area contributed by atoms with Gasteiger partial charge in [0.1, 0.15) is 0 Å². The third-order valence-electron chi connectivity index (χ3n) is 5.93. The van der Waals surface area contributed by atoms with Gasteiger partial charge in [0.05, 0.1) is 5.52 Å². The molecule has 3 heterocycles. The fraction of sp³-hybridized carbons (Fsp3) is 0.333. The number of nitrogens with zero attached hydrogens (tertiary/aromatic N) is 6. The number of rotatable bonds is 3. The molecule has 0 radical (unpaired) electrons. The highest BCUT2D eigenvalue weighted by Crippen LogP contribution is 2.29. The molecule has 0 unspecified atom stereocenters. The lowest BCUT2D eigenvalue weighted by molar-refractivity contribution is 0.202. The smallest absolute Gasteiger partial charge is 0.317 e. The Morgan fingerprint density at radius 2 is 1.81 bits per heavy atom. The van der Waals surface area contributed by atoms with Crippen molar-refractivity contribution in [2.45, 2.75) is 20.3 Å². The summed E-state index contributed by atoms with van der Waals surface area (Å²) in [6.07, 6.45) is 0.870. The van der Waals surface area contributed by atoms with Gasteiger partial charge in [-0.1, -0.05) is 42.0 Å². The predicted octanol–water partition coefficient (Wildman–Crippen LogP) is 3.49. The Hall–Kier alpha value is -3.68. The van der Waals surface area contributed by atoms with Gasteiger partial charge >= 0.3 is 6.03 Å². The van der Waals surface area contributed by atoms with Crippen LogP contribution in [0.1, 0.15) is 18.9 Å². The van der Waals surface area contributed by atoms with E-state index in [0.717, 1.165) is 53.4 Å². The minimum Gasteiger partial charge on any atom is -0.340 e. The minimum absolute atomic E-state index is 0.00407. The number of nitrogens with one attached hydrogen (secondary N) is 1. The number of urea groups is 1. The zero-order valence-electron chi connectivity index (χ0n) is 18.5. The van der Waals surface area contributed by atoms with Crippen molar-refractivity contribution in [3.8, 4) is 11.4 Å². The molecule has 1 saturated heterocycles. The van der Waals surface area contributed by atoms with Gasteiger partial charge in [-0.15, -0.1) is 10.2 Å². The van der Waals surface area contributed by atoms with Crippen molar-refractivity contribution in [3.05, 3.63) is 54.1 Å². The highest BCUT2D eigenvalue weighted by Gasteiger charge is 2.24. The molecule has 0 bridgehead atoms. The van der Waals surface area contributed by atoms with Crippen LogP contribution >= 0.6 is 0 Å². The van der Waals surface area contributed by atoms with Gasteiger partial charge in [0.2, 0.25) is 5.95 Å². The Bertz CT molecular complexity index is 1260. The second kappa shape index (κ2) is 8.45. The summed E-state index contributed by atoms with van der Waals surface area (Å²) in [4.78, 5) is 21.5. The number of carbonyl (C=O) groups is 1. The molecule has 1 fully saturated rings. The molecule has 32 heavy (non-hydrogen) atoms. The number of aromatic nitrogens is 4. The number of carbonyl (C=O) groups excluding carboxylic acids is 1. The van der Waals surface area contributed by atoms with Crippen molar-refractivity contribution < 1.29 is 4.79 Å². The Balaban J connectivity index is 1.62. The van der Waals surface area contributed by atoms with E-state index < -0.39 is 0 Å². The summed E-state index contributed by atoms with van der Waals surface area (Å²) < 4.78 is 2.06. The average Bonchev–Trinajstić information content (AvgIpc) is 3.10. The van der Waals surface area contributed by atoms with E-state index in [1.54, 1.807) is 0 Å². The Morgan fingerprint density at radius 1 is 1.00 bits per heavy atom. The van der Waals surface area contributed by atoms with Crippen LogP contribution in [-0.4, -0.2) is 63.2 Å². The lowest BCUT2D eigenvalue weighted by Gasteiger charge is -2.24. The average molecular weight is 430 g/mol. The summed E-state index contributed by atoms with van der Waals surface area (Å²) in [5.74, 6) is 1.59. The summed E-state index contributed by atoms with van der Waals surface area (Å²) in [5, 5.41) is 13.0. The van der Waals surface area contributed by atoms with Crippen LogP contribution < -0.4 is 10.2 Å². The highest BCUT2D eigenvalue weighted by atomic mass is 16.2. The van der Waals surface area contributed by atoms with E-state index in [1.807, 2.05) is 36.1 Å². The number of aryl methyl sites for hydroxylation is 1. The summed E-state index contributed by atoms with van der Waals surface area (Å²) in [6.45, 7) is 7.52. The molecule has 4 aromatic rings. The number of anilines is 1. The van der Waals surface area contributed by atoms with Gasteiger partial charge < -0.3 is 15.1 Å². The molecular weight excluding hydrogens is 402 g/mol. The fourth-order valence-electron chi connectivity index (χ4n) is 4.25. The van der Waals surface area contributed by atoms with Crippen molar-refractivity contribution >= 4 is 28.5 Å². The minimum atomic E-state index is -0.00407. The molecule has 0 spiro atoms. The normalized spacial score (nSPS) is 14.7. The maximum atomic E-state index is 12.4. The first-order valence-electron chi connectivity index (χ1n) is 11.1. The maximum Gasteiger partial charge on any atom is 0.317 e. The summed E-state index contributed by atoms with van der Waals surface area (Å²) in [5.41, 5.74) is 3.89. The first-order valence-corrected chi connectivity index (χ1v) is 11.1. The van der Waals surface area contributed by atoms with Gasteiger partial charge in [0.25, 0.3) is 0 Å². The van der Waals surface area contributed by atoms with E-state index in [9.17, 15) is 4.79 Å². The predicted molar refractivity (Wildman–Crippen MR) is 126 cm³/mol. The molecule has 1 N–H and O–H groups in total. The Labute approximate surface area is 186 Å². The molecule has 8 nitrogen and oxygen atoms in total. The Kier molecular flexibility index (Phi) is 5.34. The molecule has 8 heteroatoms. The molecule has 164 valence electrons. The molecule has 2 aromatic heterocycles. The molecule has 2 aromatic carbocycles. The van der Waals surface area contributed by atoms with Gasteiger partial charge in [0.15, 0.2) is 11.5 Å². The van der Waals surface area contributed by atoms with Crippen LogP contribution in [0.3, 0.4) is 0 Å². The lowest BCUT2D eigenvalue weighted by Crippen LogP contribution is -2.42. The number of hydrogen-bond acceptors (Lipinski definition) is 5. The van der Waals surface area contributed by atoms with Crippen LogP contribution in [0.25, 0.3) is 27.9 Å². The van der Waals surface area contributed by atoms with E-state index in [2.05, 4.69) is 56.0 Å². The topological polar surface area (TPSA) is 78.7 Å². The van der Waals surface area contributed by atoms with Crippen molar-refractivity contribution in [3.63, 3.8) is 0 Å². The SMILES string of the molecule is CCNC(=O)N1CCCN(c2nc3ccccc3c3nnc(-c4ccc(C)cc4)n23)CC1. The molecule has 0 aliphatic carbocycles. The molecular formula is C24H27N7O. The maximum absolute atomic E-state index is 12.4. The lowest BCUT2D eigenvalue weighted by atomic mass is 10.1. The number of hydrogen-bond donors (Lipinski definition) is 1. The molecule has 1 aliphatic rings. The van der Waals surface area contributed by atoms with Gasteiger partial charge in [-0.3, -0.25) is 0 Å². The standard InChI is InChI=1S/C24H27N7O/c1-3-25-24(32)30-14-6-13-29(15-16-30)23-26-20-8-5-4-7-19(20)22-28-27-21(31(22)23)18-11-9-17(2)10-12-18/h4-5,7-12H,3,6,13-16H2,1-2H3,(H,25,32). The van der Waals surface area contributed by atoms with Crippen molar-refractivity contribution in [1.82, 2.24) is 29.8 Å². The van der Waals surface area contributed by atoms with Crippen molar-refractivity contribution in [2.75, 3.05) is 37.6 Å². The van der Waals surface area contributed by atoms with Gasteiger partial charge in [-0.25, -0.2) is 14.2 Å². The van der Waals surface area contributed by atoms with Crippen LogP contribution in [0.2, 0.25) is 0 Å². The van der Waals surface area contributed by atoms with Crippen LogP contribution in [0.5, 0.6) is 0 Å². The van der Waals surface area contributed by atoms with Gasteiger partial charge in [-0.05, 0) is 32.4 Å². The molecule has 0 atom stereocenters. The second-order valence-corrected chi connectivity index (χ2v) is 8.14. The third-order valence-corrected chi connectivity index (χ3v) is 5.93. The number of fused-ring (bicyclic) bond motifs is 3. The first-order chi connectivity index (χ1) is 15.7. The second-order valence-electron chi connectivity index (χ2n) is 8.14. The molecule has 0 saturated carbocycles. The number of benzene rings is 2. The van der Waals surface area contributed by atoms with E-state index in [1.165, 1.54) is 5.56 Å². The Morgan fingerprint density at radius 3 is 2.62 bits per heavy atom.